The number of allylic oxidation sites excluding steroid dienone is 8. The molecular formula is C30H30N2O2Zr. The Morgan fingerprint density at radius 2 is 1.31 bits per heavy atom. The first-order valence-electron chi connectivity index (χ1n) is 11.8. The van der Waals surface area contributed by atoms with Crippen LogP contribution < -0.4 is 5.63 Å². The zero-order valence-corrected chi connectivity index (χ0v) is 23.4. The summed E-state index contributed by atoms with van der Waals surface area (Å²) in [5.41, 5.74) is 6.05. The molecule has 0 saturated heterocycles. The van der Waals surface area contributed by atoms with Gasteiger partial charge >= 0.3 is 211 Å². The molecule has 2 aliphatic rings. The quantitative estimate of drug-likeness (QED) is 0.384. The summed E-state index contributed by atoms with van der Waals surface area (Å²) >= 11 is -5.26. The van der Waals surface area contributed by atoms with Crippen LogP contribution in [0.4, 0.5) is 0 Å². The van der Waals surface area contributed by atoms with Crippen LogP contribution in [0, 0.1) is 28.6 Å². The van der Waals surface area contributed by atoms with Gasteiger partial charge in [-0.05, 0) is 0 Å². The summed E-state index contributed by atoms with van der Waals surface area (Å²) in [6.07, 6.45) is 5.09. The summed E-state index contributed by atoms with van der Waals surface area (Å²) < 4.78 is 21.5. The van der Waals surface area contributed by atoms with Crippen molar-refractivity contribution in [3.05, 3.63) is 101 Å². The molecule has 0 amide bonds. The van der Waals surface area contributed by atoms with E-state index in [1.54, 1.807) is 24.3 Å². The van der Waals surface area contributed by atoms with Gasteiger partial charge in [-0.1, -0.05) is 0 Å². The molecule has 1 atom stereocenters. The van der Waals surface area contributed by atoms with E-state index in [4.69, 9.17) is 9.84 Å². The SMILES string of the molecule is [CH2]=[Zr]([O]c1ccc(C#N)cc1)([O]c1ccc(C#N)cc1)([C]1=CC(C)=CC1)[C]1=C(C)C(C)=C(C)C1C. The Morgan fingerprint density at radius 1 is 0.829 bits per heavy atom. The Hall–Kier alpha value is -3.27. The number of hydrogen-bond acceptors (Lipinski definition) is 4. The molecule has 4 rings (SSSR count). The standard InChI is InChI=1S/C9H13.2C7H5NO.C6H7.CH2.Zr/c1-6-5-7(2)9(4)8(6)3;2*8-5-6-1-3-7(9)4-2-6;1-6-4-2-3-5-6;;/h6H,1-4H3;2*1-4,9H;4-5H,2H2,1H3;1H2;/q;;;;;+2/p-2. The van der Waals surface area contributed by atoms with Crippen LogP contribution in [0.2, 0.25) is 0 Å². The minimum absolute atomic E-state index is 0.122. The molecule has 5 heteroatoms. The fourth-order valence-electron chi connectivity index (χ4n) is 5.33. The van der Waals surface area contributed by atoms with E-state index in [-0.39, 0.29) is 5.92 Å². The molecule has 1 unspecified atom stereocenters. The fraction of sp³-hybridized carbons (Fsp3) is 0.233. The third-order valence-electron chi connectivity index (χ3n) is 7.52. The van der Waals surface area contributed by atoms with E-state index in [0.29, 0.717) is 22.6 Å². The van der Waals surface area contributed by atoms with E-state index in [0.717, 1.165) is 13.0 Å². The monoisotopic (exact) mass is 540 g/mol. The summed E-state index contributed by atoms with van der Waals surface area (Å²) in [7, 11) is 0. The normalized spacial score (nSPS) is 18.1. The minimum atomic E-state index is -5.26. The van der Waals surface area contributed by atoms with Crippen LogP contribution in [0.5, 0.6) is 11.5 Å². The molecule has 0 spiro atoms. The Balaban J connectivity index is 2.00. The summed E-state index contributed by atoms with van der Waals surface area (Å²) in [6, 6.07) is 18.7. The molecule has 0 aromatic heterocycles. The Kier molecular flexibility index (Phi) is 6.44. The van der Waals surface area contributed by atoms with E-state index in [1.165, 1.54) is 22.3 Å². The van der Waals surface area contributed by atoms with Gasteiger partial charge in [0.25, 0.3) is 0 Å². The van der Waals surface area contributed by atoms with Crippen molar-refractivity contribution in [2.24, 2.45) is 5.92 Å². The van der Waals surface area contributed by atoms with Crippen LogP contribution in [0.15, 0.2) is 89.5 Å². The van der Waals surface area contributed by atoms with Crippen molar-refractivity contribution < 1.29 is 24.8 Å². The molecule has 0 radical (unpaired) electrons. The first-order valence-corrected chi connectivity index (χ1v) is 18.0. The number of rotatable bonds is 6. The van der Waals surface area contributed by atoms with Crippen molar-refractivity contribution in [2.45, 2.75) is 41.0 Å². The fourth-order valence-corrected chi connectivity index (χ4v) is 18.1. The summed E-state index contributed by atoms with van der Waals surface area (Å²) in [5, 5.41) is 18.6. The van der Waals surface area contributed by atoms with Crippen LogP contribution in [-0.2, 0) is 19.2 Å². The topological polar surface area (TPSA) is 66.0 Å². The molecule has 2 aliphatic carbocycles. The first kappa shape index (κ1) is 24.8. The Bertz CT molecular complexity index is 1410. The molecule has 176 valence electrons. The second-order valence-electron chi connectivity index (χ2n) is 9.63. The van der Waals surface area contributed by atoms with Crippen LogP contribution in [0.3, 0.4) is 0 Å². The second kappa shape index (κ2) is 9.07. The predicted molar refractivity (Wildman–Crippen MR) is 137 cm³/mol. The van der Waals surface area contributed by atoms with E-state index < -0.39 is 19.2 Å². The second-order valence-corrected chi connectivity index (χ2v) is 19.7. The van der Waals surface area contributed by atoms with Crippen molar-refractivity contribution in [1.29, 1.82) is 10.5 Å². The van der Waals surface area contributed by atoms with E-state index in [1.807, 2.05) is 24.3 Å². The van der Waals surface area contributed by atoms with E-state index in [9.17, 15) is 10.5 Å². The molecule has 0 bridgehead atoms. The maximum absolute atomic E-state index is 9.28. The van der Waals surface area contributed by atoms with Gasteiger partial charge < -0.3 is 0 Å². The molecule has 4 nitrogen and oxygen atoms in total. The molecule has 0 N–H and O–H groups in total. The van der Waals surface area contributed by atoms with Gasteiger partial charge in [0.15, 0.2) is 0 Å². The van der Waals surface area contributed by atoms with Crippen molar-refractivity contribution in [2.75, 3.05) is 0 Å². The Labute approximate surface area is 210 Å². The molecule has 0 heterocycles. The van der Waals surface area contributed by atoms with E-state index >= 15 is 0 Å². The van der Waals surface area contributed by atoms with Gasteiger partial charge in [0, 0.05) is 0 Å². The number of nitrogens with zero attached hydrogens (tertiary/aromatic N) is 2. The van der Waals surface area contributed by atoms with Gasteiger partial charge in [-0.25, -0.2) is 0 Å². The molecule has 2 aromatic carbocycles. The van der Waals surface area contributed by atoms with Crippen LogP contribution in [0.25, 0.3) is 0 Å². The summed E-state index contributed by atoms with van der Waals surface area (Å²) in [6.45, 7) is 10.8. The average molecular weight is 542 g/mol. The van der Waals surface area contributed by atoms with Crippen molar-refractivity contribution in [1.82, 2.24) is 0 Å². The third kappa shape index (κ3) is 4.20. The number of benzene rings is 2. The van der Waals surface area contributed by atoms with Crippen molar-refractivity contribution in [3.63, 3.8) is 0 Å². The van der Waals surface area contributed by atoms with Crippen LogP contribution >= 0.6 is 0 Å². The predicted octanol–water partition coefficient (Wildman–Crippen LogP) is 7.33. The van der Waals surface area contributed by atoms with Gasteiger partial charge in [0.2, 0.25) is 0 Å². The molecule has 35 heavy (non-hydrogen) atoms. The maximum atomic E-state index is 9.28. The van der Waals surface area contributed by atoms with Crippen LogP contribution in [0.1, 0.15) is 52.2 Å². The Morgan fingerprint density at radius 3 is 1.66 bits per heavy atom. The number of nitriles is 2. The summed E-state index contributed by atoms with van der Waals surface area (Å²) in [5.74, 6) is 1.40. The zero-order chi connectivity index (χ0) is 25.4. The molecule has 0 aliphatic heterocycles. The van der Waals surface area contributed by atoms with Crippen LogP contribution in [-0.4, -0.2) is 4.21 Å². The average Bonchev–Trinajstić information content (AvgIpc) is 3.38. The molecule has 0 fully saturated rings. The first-order chi connectivity index (χ1) is 16.6. The molecule has 0 saturated carbocycles. The van der Waals surface area contributed by atoms with Crippen molar-refractivity contribution >= 4 is 4.21 Å². The van der Waals surface area contributed by atoms with Gasteiger partial charge in [-0.3, -0.25) is 0 Å². The van der Waals surface area contributed by atoms with Crippen molar-refractivity contribution in [3.8, 4) is 23.6 Å². The number of hydrogen-bond donors (Lipinski definition) is 0. The molecule has 2 aromatic rings. The zero-order valence-electron chi connectivity index (χ0n) is 21.0. The molecular weight excluding hydrogens is 512 g/mol. The van der Waals surface area contributed by atoms with Gasteiger partial charge in [-0.15, -0.1) is 0 Å². The van der Waals surface area contributed by atoms with Gasteiger partial charge in [0.05, 0.1) is 0 Å². The van der Waals surface area contributed by atoms with Gasteiger partial charge in [0.1, 0.15) is 0 Å². The van der Waals surface area contributed by atoms with Gasteiger partial charge in [-0.2, -0.15) is 0 Å². The summed E-state index contributed by atoms with van der Waals surface area (Å²) in [4.78, 5) is 0. The third-order valence-corrected chi connectivity index (χ3v) is 19.5. The van der Waals surface area contributed by atoms with E-state index in [2.05, 4.69) is 58.9 Å².